The summed E-state index contributed by atoms with van der Waals surface area (Å²) >= 11 is 1.80. The molecule has 0 amide bonds. The van der Waals surface area contributed by atoms with E-state index in [2.05, 4.69) is 46.5 Å². The summed E-state index contributed by atoms with van der Waals surface area (Å²) in [6.07, 6.45) is 3.63. The van der Waals surface area contributed by atoms with Crippen molar-refractivity contribution in [1.82, 2.24) is 9.97 Å². The summed E-state index contributed by atoms with van der Waals surface area (Å²) in [5, 5.41) is 3.14. The van der Waals surface area contributed by atoms with Crippen molar-refractivity contribution in [2.45, 2.75) is 24.5 Å². The molecule has 0 aliphatic heterocycles. The van der Waals surface area contributed by atoms with Gasteiger partial charge in [0.25, 0.3) is 0 Å². The van der Waals surface area contributed by atoms with E-state index in [-0.39, 0.29) is 0 Å². The number of hydrogen-bond acceptors (Lipinski definition) is 4. The predicted molar refractivity (Wildman–Crippen MR) is 76.9 cm³/mol. The van der Waals surface area contributed by atoms with Crippen LogP contribution in [0.15, 0.2) is 41.6 Å². The first kappa shape index (κ1) is 12.9. The zero-order valence-electron chi connectivity index (χ0n) is 10.7. The molecular formula is C14H17N3S. The van der Waals surface area contributed by atoms with Gasteiger partial charge in [-0.3, -0.25) is 4.98 Å². The maximum absolute atomic E-state index is 4.40. The van der Waals surface area contributed by atoms with Gasteiger partial charge < -0.3 is 5.32 Å². The molecule has 1 aromatic carbocycles. The second-order valence-corrected chi connectivity index (χ2v) is 4.99. The van der Waals surface area contributed by atoms with E-state index < -0.39 is 0 Å². The number of benzene rings is 1. The summed E-state index contributed by atoms with van der Waals surface area (Å²) in [7, 11) is 0. The van der Waals surface area contributed by atoms with Crippen LogP contribution in [0.2, 0.25) is 0 Å². The minimum Gasteiger partial charge on any atom is -0.369 e. The van der Waals surface area contributed by atoms with Gasteiger partial charge >= 0.3 is 0 Å². The van der Waals surface area contributed by atoms with Crippen LogP contribution in [0.5, 0.6) is 0 Å². The Balaban J connectivity index is 1.96. The van der Waals surface area contributed by atoms with E-state index in [0.29, 0.717) is 0 Å². The molecule has 0 bridgehead atoms. The van der Waals surface area contributed by atoms with Crippen molar-refractivity contribution >= 4 is 17.6 Å². The third-order valence-electron chi connectivity index (χ3n) is 2.53. The molecule has 0 aliphatic carbocycles. The Morgan fingerprint density at radius 3 is 2.67 bits per heavy atom. The summed E-state index contributed by atoms with van der Waals surface area (Å²) in [5.41, 5.74) is 2.31. The Bertz CT molecular complexity index is 497. The number of nitrogens with zero attached hydrogens (tertiary/aromatic N) is 2. The Hall–Kier alpha value is -1.55. The minimum atomic E-state index is 0.835. The molecule has 0 fully saturated rings. The van der Waals surface area contributed by atoms with E-state index in [1.807, 2.05) is 13.1 Å². The Kier molecular flexibility index (Phi) is 4.59. The van der Waals surface area contributed by atoms with Crippen molar-refractivity contribution in [2.75, 3.05) is 11.9 Å². The van der Waals surface area contributed by atoms with E-state index >= 15 is 0 Å². The van der Waals surface area contributed by atoms with Crippen molar-refractivity contribution in [2.24, 2.45) is 0 Å². The van der Waals surface area contributed by atoms with Gasteiger partial charge in [0.05, 0.1) is 18.1 Å². The van der Waals surface area contributed by atoms with Crippen molar-refractivity contribution in [3.8, 4) is 0 Å². The maximum atomic E-state index is 4.40. The average Bonchev–Trinajstić information content (AvgIpc) is 2.40. The molecule has 18 heavy (non-hydrogen) atoms. The number of hydrogen-bond donors (Lipinski definition) is 1. The number of anilines is 1. The molecule has 0 atom stereocenters. The fraction of sp³-hybridized carbons (Fsp3) is 0.286. The highest BCUT2D eigenvalue weighted by Gasteiger charge is 2.01. The number of aromatic nitrogens is 2. The molecule has 0 spiro atoms. The van der Waals surface area contributed by atoms with Crippen LogP contribution in [-0.4, -0.2) is 16.5 Å². The van der Waals surface area contributed by atoms with Crippen LogP contribution >= 0.6 is 11.8 Å². The lowest BCUT2D eigenvalue weighted by atomic mass is 10.2. The van der Waals surface area contributed by atoms with Crippen molar-refractivity contribution < 1.29 is 0 Å². The zero-order chi connectivity index (χ0) is 12.8. The van der Waals surface area contributed by atoms with Gasteiger partial charge in [-0.15, -0.1) is 11.8 Å². The predicted octanol–water partition coefficient (Wildman–Crippen LogP) is 3.51. The highest BCUT2D eigenvalue weighted by molar-refractivity contribution is 7.98. The van der Waals surface area contributed by atoms with Crippen LogP contribution in [-0.2, 0) is 5.75 Å². The number of rotatable bonds is 5. The van der Waals surface area contributed by atoms with E-state index in [1.165, 1.54) is 10.5 Å². The molecular weight excluding hydrogens is 242 g/mol. The Morgan fingerprint density at radius 1 is 1.17 bits per heavy atom. The lowest BCUT2D eigenvalue weighted by molar-refractivity contribution is 1.07. The van der Waals surface area contributed by atoms with Crippen LogP contribution < -0.4 is 5.32 Å². The summed E-state index contributed by atoms with van der Waals surface area (Å²) in [6.45, 7) is 5.04. The lowest BCUT2D eigenvalue weighted by Gasteiger charge is -2.05. The van der Waals surface area contributed by atoms with Gasteiger partial charge in [-0.25, -0.2) is 4.98 Å². The first-order valence-corrected chi connectivity index (χ1v) is 7.01. The smallest absolute Gasteiger partial charge is 0.144 e. The second kappa shape index (κ2) is 6.40. The van der Waals surface area contributed by atoms with E-state index in [1.54, 1.807) is 18.0 Å². The largest absolute Gasteiger partial charge is 0.369 e. The summed E-state index contributed by atoms with van der Waals surface area (Å²) in [5.74, 6) is 1.69. The maximum Gasteiger partial charge on any atom is 0.144 e. The molecule has 1 aromatic heterocycles. The zero-order valence-corrected chi connectivity index (χ0v) is 11.5. The molecule has 2 rings (SSSR count). The topological polar surface area (TPSA) is 37.8 Å². The number of aryl methyl sites for hydroxylation is 1. The van der Waals surface area contributed by atoms with Crippen LogP contribution in [0.4, 0.5) is 5.82 Å². The molecule has 0 aliphatic rings. The summed E-state index contributed by atoms with van der Waals surface area (Å²) in [6, 6.07) is 8.39. The summed E-state index contributed by atoms with van der Waals surface area (Å²) < 4.78 is 0. The summed E-state index contributed by atoms with van der Waals surface area (Å²) in [4.78, 5) is 10.0. The molecule has 0 radical (unpaired) electrons. The van der Waals surface area contributed by atoms with Gasteiger partial charge in [-0.1, -0.05) is 18.2 Å². The van der Waals surface area contributed by atoms with Crippen LogP contribution in [0.25, 0.3) is 0 Å². The molecule has 3 nitrogen and oxygen atoms in total. The van der Waals surface area contributed by atoms with Crippen LogP contribution in [0.3, 0.4) is 0 Å². The molecule has 4 heteroatoms. The van der Waals surface area contributed by atoms with E-state index in [0.717, 1.165) is 23.8 Å². The minimum absolute atomic E-state index is 0.835. The third kappa shape index (κ3) is 3.47. The van der Waals surface area contributed by atoms with Crippen molar-refractivity contribution in [3.63, 3.8) is 0 Å². The standard InChI is InChI=1S/C14H17N3S/c1-3-15-14-9-16-12(8-17-14)10-18-13-7-5-4-6-11(13)2/h4-9H,3,10H2,1-2H3,(H,15,17). The monoisotopic (exact) mass is 259 g/mol. The Labute approximate surface area is 112 Å². The fourth-order valence-corrected chi connectivity index (χ4v) is 2.49. The first-order chi connectivity index (χ1) is 8.79. The number of nitrogens with one attached hydrogen (secondary N) is 1. The molecule has 1 heterocycles. The van der Waals surface area contributed by atoms with Gasteiger partial charge in [-0.2, -0.15) is 0 Å². The van der Waals surface area contributed by atoms with Crippen molar-refractivity contribution in [3.05, 3.63) is 47.9 Å². The van der Waals surface area contributed by atoms with Crippen LogP contribution in [0.1, 0.15) is 18.2 Å². The van der Waals surface area contributed by atoms with Crippen molar-refractivity contribution in [1.29, 1.82) is 0 Å². The lowest BCUT2D eigenvalue weighted by Crippen LogP contribution is -2.00. The van der Waals surface area contributed by atoms with Gasteiger partial charge in [0.15, 0.2) is 0 Å². The quantitative estimate of drug-likeness (QED) is 0.834. The first-order valence-electron chi connectivity index (χ1n) is 6.03. The van der Waals surface area contributed by atoms with Crippen LogP contribution in [0, 0.1) is 6.92 Å². The molecule has 0 saturated heterocycles. The highest BCUT2D eigenvalue weighted by atomic mass is 32.2. The molecule has 94 valence electrons. The average molecular weight is 259 g/mol. The Morgan fingerprint density at radius 2 is 2.00 bits per heavy atom. The normalized spacial score (nSPS) is 10.3. The van der Waals surface area contributed by atoms with Gasteiger partial charge in [-0.05, 0) is 25.5 Å². The van der Waals surface area contributed by atoms with E-state index in [9.17, 15) is 0 Å². The van der Waals surface area contributed by atoms with Gasteiger partial charge in [0, 0.05) is 17.2 Å². The molecule has 1 N–H and O–H groups in total. The molecule has 2 aromatic rings. The van der Waals surface area contributed by atoms with Gasteiger partial charge in [0.2, 0.25) is 0 Å². The third-order valence-corrected chi connectivity index (χ3v) is 3.74. The number of thioether (sulfide) groups is 1. The highest BCUT2D eigenvalue weighted by Crippen LogP contribution is 2.24. The fourth-order valence-electron chi connectivity index (χ4n) is 1.57. The van der Waals surface area contributed by atoms with E-state index in [4.69, 9.17) is 0 Å². The SMILES string of the molecule is CCNc1cnc(CSc2ccccc2C)cn1. The molecule has 0 unspecified atom stereocenters. The van der Waals surface area contributed by atoms with Gasteiger partial charge in [0.1, 0.15) is 5.82 Å². The second-order valence-electron chi connectivity index (χ2n) is 3.98. The molecule has 0 saturated carbocycles.